The number of aliphatic hydroxyl groups excluding tert-OH is 1. The number of hydrogen-bond acceptors (Lipinski definition) is 16. The monoisotopic (exact) mass is 685 g/mol. The van der Waals surface area contributed by atoms with Crippen LogP contribution in [-0.2, 0) is 37.6 Å². The van der Waals surface area contributed by atoms with Crippen LogP contribution in [-0.4, -0.2) is 106 Å². The molecule has 17 heteroatoms. The van der Waals surface area contributed by atoms with Crippen molar-refractivity contribution in [3.8, 4) is 11.8 Å². The molecule has 0 saturated heterocycles. The Balaban J connectivity index is 0. The molecule has 47 heavy (non-hydrogen) atoms. The Kier molecular flexibility index (Phi) is 26.0. The van der Waals surface area contributed by atoms with Gasteiger partial charge in [-0.1, -0.05) is 0 Å². The Morgan fingerprint density at radius 3 is 1.66 bits per heavy atom. The Labute approximate surface area is 274 Å². The summed E-state index contributed by atoms with van der Waals surface area (Å²) in [6.07, 6.45) is 5.66. The first-order valence-corrected chi connectivity index (χ1v) is 15.2. The number of methoxy groups -OCH3 is 4. The number of aliphatic hydroxyl groups is 1. The average Bonchev–Trinajstić information content (AvgIpc) is 3.07. The van der Waals surface area contributed by atoms with Crippen LogP contribution < -0.4 is 9.47 Å². The van der Waals surface area contributed by atoms with Crippen LogP contribution in [0, 0.1) is 0 Å². The zero-order valence-electron chi connectivity index (χ0n) is 27.7. The van der Waals surface area contributed by atoms with E-state index in [4.69, 9.17) is 19.3 Å². The normalized spacial score (nSPS) is 9.85. The zero-order chi connectivity index (χ0) is 36.2. The number of esters is 4. The van der Waals surface area contributed by atoms with E-state index in [0.717, 1.165) is 0 Å². The fourth-order valence-corrected chi connectivity index (χ4v) is 3.45. The number of aromatic nitrogens is 2. The second-order valence-electron chi connectivity index (χ2n) is 7.84. The van der Waals surface area contributed by atoms with Crippen molar-refractivity contribution in [1.82, 2.24) is 9.97 Å². The predicted octanol–water partition coefficient (Wildman–Crippen LogP) is 3.47. The fourth-order valence-electron chi connectivity index (χ4n) is 2.77. The summed E-state index contributed by atoms with van der Waals surface area (Å²) in [7, 11) is 3.53. The Hall–Kier alpha value is -4.79. The van der Waals surface area contributed by atoms with Crippen molar-refractivity contribution in [1.29, 1.82) is 0 Å². The summed E-state index contributed by atoms with van der Waals surface area (Å²) in [5.41, 5.74) is 1.03. The van der Waals surface area contributed by atoms with Gasteiger partial charge in [-0.15, -0.1) is 4.52 Å². The predicted molar refractivity (Wildman–Crippen MR) is 169 cm³/mol. The molecule has 1 atom stereocenters. The molecule has 260 valence electrons. The first-order chi connectivity index (χ1) is 22.5. The lowest BCUT2D eigenvalue weighted by Gasteiger charge is -2.05. The number of nitrogens with zero attached hydrogens (tertiary/aromatic N) is 2. The van der Waals surface area contributed by atoms with E-state index in [0.29, 0.717) is 30.9 Å². The minimum atomic E-state index is -1.86. The molecule has 1 N–H and O–H groups in total. The fraction of sp³-hybridized carbons (Fsp3) is 0.433. The Morgan fingerprint density at radius 1 is 0.787 bits per heavy atom. The minimum Gasteiger partial charge on any atom is -0.481 e. The van der Waals surface area contributed by atoms with E-state index in [1.807, 2.05) is 0 Å². The van der Waals surface area contributed by atoms with Crippen LogP contribution in [0.1, 0.15) is 64.3 Å². The van der Waals surface area contributed by atoms with Crippen molar-refractivity contribution >= 4 is 44.3 Å². The van der Waals surface area contributed by atoms with Gasteiger partial charge in [0.15, 0.2) is 6.29 Å². The molecule has 0 amide bonds. The molecule has 0 aliphatic heterocycles. The van der Waals surface area contributed by atoms with Crippen LogP contribution in [0.5, 0.6) is 11.8 Å². The highest BCUT2D eigenvalue weighted by Gasteiger charge is 2.23. The average molecular weight is 686 g/mol. The summed E-state index contributed by atoms with van der Waals surface area (Å²) in [6, 6.07) is 2.90. The number of rotatable bonds is 13. The molecule has 0 aliphatic rings. The molecule has 2 heterocycles. The lowest BCUT2D eigenvalue weighted by atomic mass is 10.1. The van der Waals surface area contributed by atoms with Crippen molar-refractivity contribution in [3.05, 3.63) is 52.9 Å². The molecule has 0 fully saturated rings. The van der Waals surface area contributed by atoms with Crippen molar-refractivity contribution < 1.29 is 66.6 Å². The van der Waals surface area contributed by atoms with E-state index in [9.17, 15) is 28.5 Å². The van der Waals surface area contributed by atoms with Gasteiger partial charge in [0.25, 0.3) is 6.16 Å². The van der Waals surface area contributed by atoms with Gasteiger partial charge >= 0.3 is 31.9 Å². The summed E-state index contributed by atoms with van der Waals surface area (Å²) < 4.78 is 43.6. The summed E-state index contributed by atoms with van der Waals surface area (Å²) >= 11 is 0. The first-order valence-electron chi connectivity index (χ1n) is 13.9. The molecule has 0 bridgehead atoms. The molecule has 0 radical (unpaired) electrons. The molecule has 1 unspecified atom stereocenters. The number of carbonyl (C=O) groups excluding carboxylic acids is 5. The smallest absolute Gasteiger partial charge is 0.481 e. The standard InChI is InChI=1S/C13H15NO5.C9H9NO4.C6H12O4P.C2H6O/c1-4-19-12(15)6-5-9-7-11(17-2)14-8-10(9)13(16)18-3;1-13-8-3-6(5-11)7(4-10-8)9(12)14-2;1-3-9-6(7)5-11(8)10-4-2;1-2-3/h5-8H,4H2,1-3H3;3-5H,1-2H3;3-5H2,1-2H3;3H,2H2,1H3/q;;+1;/b6-5+;;;. The number of ether oxygens (including phenoxy) is 6. The second-order valence-corrected chi connectivity index (χ2v) is 9.08. The van der Waals surface area contributed by atoms with Crippen molar-refractivity contribution in [3.63, 3.8) is 0 Å². The Morgan fingerprint density at radius 2 is 1.26 bits per heavy atom. The molecule has 2 aromatic heterocycles. The van der Waals surface area contributed by atoms with Gasteiger partial charge in [0.05, 0.1) is 59.4 Å². The van der Waals surface area contributed by atoms with E-state index in [1.165, 1.54) is 65.1 Å². The van der Waals surface area contributed by atoms with Gasteiger partial charge in [-0.25, -0.2) is 29.1 Å². The van der Waals surface area contributed by atoms with E-state index in [-0.39, 0.29) is 41.9 Å². The first kappa shape index (κ1) is 44.3. The summed E-state index contributed by atoms with van der Waals surface area (Å²) in [4.78, 5) is 62.9. The zero-order valence-corrected chi connectivity index (χ0v) is 28.6. The molecule has 2 aromatic rings. The maximum Gasteiger partial charge on any atom is 0.520 e. The van der Waals surface area contributed by atoms with E-state index in [2.05, 4.69) is 28.7 Å². The van der Waals surface area contributed by atoms with Gasteiger partial charge in [-0.3, -0.25) is 4.79 Å². The molecule has 0 spiro atoms. The lowest BCUT2D eigenvalue weighted by molar-refractivity contribution is -0.140. The second kappa shape index (κ2) is 27.5. The van der Waals surface area contributed by atoms with Gasteiger partial charge in [0.1, 0.15) is 0 Å². The number of carbonyl (C=O) groups is 5. The minimum absolute atomic E-state index is 0.128. The van der Waals surface area contributed by atoms with Crippen molar-refractivity contribution in [2.24, 2.45) is 0 Å². The van der Waals surface area contributed by atoms with Crippen molar-refractivity contribution in [2.45, 2.75) is 27.7 Å². The topological polar surface area (TPSA) is 213 Å². The van der Waals surface area contributed by atoms with Gasteiger partial charge in [-0.2, -0.15) is 0 Å². The number of aldehydes is 1. The molecule has 2 rings (SSSR count). The van der Waals surface area contributed by atoms with Crippen LogP contribution in [0.2, 0.25) is 0 Å². The van der Waals surface area contributed by atoms with Crippen LogP contribution in [0.3, 0.4) is 0 Å². The molecule has 0 aliphatic carbocycles. The summed E-state index contributed by atoms with van der Waals surface area (Å²) in [6.45, 7) is 8.01. The molecular weight excluding hydrogens is 643 g/mol. The molecule has 0 saturated carbocycles. The van der Waals surface area contributed by atoms with E-state index < -0.39 is 31.9 Å². The SMILES string of the molecule is CCO.CCOC(=O)/C=C/c1cc(OC)ncc1C(=O)OC.CCOC(=O)C[P+](=O)OCC.COC(=O)c1cnc(OC)cc1C=O. The third-order valence-electron chi connectivity index (χ3n) is 4.70. The van der Waals surface area contributed by atoms with Gasteiger partial charge < -0.3 is 33.5 Å². The highest BCUT2D eigenvalue weighted by Crippen LogP contribution is 2.21. The third kappa shape index (κ3) is 19.4. The van der Waals surface area contributed by atoms with Crippen LogP contribution in [0.15, 0.2) is 30.6 Å². The van der Waals surface area contributed by atoms with E-state index in [1.54, 1.807) is 27.7 Å². The van der Waals surface area contributed by atoms with Crippen LogP contribution >= 0.6 is 8.03 Å². The maximum absolute atomic E-state index is 11.6. The van der Waals surface area contributed by atoms with Gasteiger partial charge in [0, 0.05) is 42.8 Å². The number of hydrogen-bond donors (Lipinski definition) is 1. The summed E-state index contributed by atoms with van der Waals surface area (Å²) in [5.74, 6) is -1.49. The highest BCUT2D eigenvalue weighted by atomic mass is 31.1. The summed E-state index contributed by atoms with van der Waals surface area (Å²) in [5, 5.41) is 7.57. The molecule has 0 aromatic carbocycles. The number of pyridine rings is 2. The van der Waals surface area contributed by atoms with Crippen LogP contribution in [0.4, 0.5) is 0 Å². The highest BCUT2D eigenvalue weighted by molar-refractivity contribution is 7.40. The largest absolute Gasteiger partial charge is 0.520 e. The quantitative estimate of drug-likeness (QED) is 0.105. The Bertz CT molecular complexity index is 1300. The van der Waals surface area contributed by atoms with Crippen molar-refractivity contribution in [2.75, 3.05) is 61.0 Å². The third-order valence-corrected chi connectivity index (χ3v) is 5.76. The lowest BCUT2D eigenvalue weighted by Crippen LogP contribution is -2.06. The molecular formula is C30H42N2O14P+. The van der Waals surface area contributed by atoms with Gasteiger partial charge in [-0.05, 0) is 43.9 Å². The van der Waals surface area contributed by atoms with Gasteiger partial charge in [0.2, 0.25) is 11.8 Å². The van der Waals surface area contributed by atoms with Crippen LogP contribution in [0.25, 0.3) is 6.08 Å². The molecule has 16 nitrogen and oxygen atoms in total. The van der Waals surface area contributed by atoms with E-state index >= 15 is 0 Å². The maximum atomic E-state index is 11.6.